The Labute approximate surface area is 56.5 Å². The van der Waals surface area contributed by atoms with Gasteiger partial charge in [0.05, 0.1) is 0 Å². The van der Waals surface area contributed by atoms with Gasteiger partial charge in [-0.3, -0.25) is 4.99 Å². The molecule has 0 fully saturated rings. The van der Waals surface area contributed by atoms with E-state index >= 15 is 0 Å². The van der Waals surface area contributed by atoms with Gasteiger partial charge in [0.25, 0.3) is 0 Å². The summed E-state index contributed by atoms with van der Waals surface area (Å²) in [5.41, 5.74) is 0.488. The van der Waals surface area contributed by atoms with Crippen molar-refractivity contribution in [3.05, 3.63) is 0 Å². The molecule has 0 saturated heterocycles. The molecule has 0 aliphatic carbocycles. The summed E-state index contributed by atoms with van der Waals surface area (Å²) in [6, 6.07) is 0. The van der Waals surface area contributed by atoms with E-state index in [0.29, 0.717) is 5.71 Å². The lowest BCUT2D eigenvalue weighted by atomic mass is 9.90. The van der Waals surface area contributed by atoms with E-state index in [9.17, 15) is 0 Å². The van der Waals surface area contributed by atoms with Crippen LogP contribution in [0.3, 0.4) is 0 Å². The zero-order chi connectivity index (χ0) is 7.49. The number of hydrogen-bond acceptors (Lipinski definition) is 2. The molecule has 0 aromatic carbocycles. The van der Waals surface area contributed by atoms with Crippen LogP contribution in [-0.4, -0.2) is 19.0 Å². The van der Waals surface area contributed by atoms with Crippen molar-refractivity contribution in [1.82, 2.24) is 0 Å². The lowest BCUT2D eigenvalue weighted by molar-refractivity contribution is 0.734. The van der Waals surface area contributed by atoms with Crippen molar-refractivity contribution in [2.45, 2.75) is 20.8 Å². The molecule has 9 heavy (non-hydrogen) atoms. The number of nitrogens with zero attached hydrogens (tertiary/aromatic N) is 1. The van der Waals surface area contributed by atoms with Crippen molar-refractivity contribution in [3.8, 4) is 0 Å². The van der Waals surface area contributed by atoms with E-state index in [2.05, 4.69) is 4.99 Å². The fraction of sp³-hybridized carbons (Fsp3) is 0.714. The first-order valence-electron chi connectivity index (χ1n) is 2.99. The second-order valence-electron chi connectivity index (χ2n) is 2.73. The lowest BCUT2D eigenvalue weighted by Crippen LogP contribution is -2.21. The predicted octanol–water partition coefficient (Wildman–Crippen LogP) is 1.75. The van der Waals surface area contributed by atoms with E-state index in [4.69, 9.17) is 5.41 Å². The summed E-state index contributed by atoms with van der Waals surface area (Å²) in [7, 11) is 1.73. The Morgan fingerprint density at radius 1 is 1.56 bits per heavy atom. The van der Waals surface area contributed by atoms with Crippen molar-refractivity contribution in [2.24, 2.45) is 10.4 Å². The smallest absolute Gasteiger partial charge is 0.0368 e. The third kappa shape index (κ3) is 2.40. The number of aliphatic imine (C=N–C) groups is 1. The van der Waals surface area contributed by atoms with Gasteiger partial charge in [-0.25, -0.2) is 0 Å². The first-order chi connectivity index (χ1) is 4.00. The van der Waals surface area contributed by atoms with Crippen LogP contribution < -0.4 is 0 Å². The summed E-state index contributed by atoms with van der Waals surface area (Å²) in [6.45, 7) is 5.74. The summed E-state index contributed by atoms with van der Waals surface area (Å²) >= 11 is 0. The van der Waals surface area contributed by atoms with E-state index in [1.54, 1.807) is 20.2 Å². The topological polar surface area (TPSA) is 36.2 Å². The molecule has 0 atom stereocenters. The normalized spacial score (nSPS) is 12.4. The van der Waals surface area contributed by atoms with E-state index in [1.165, 1.54) is 0 Å². The molecule has 0 amide bonds. The molecule has 1 N–H and O–H groups in total. The van der Waals surface area contributed by atoms with Gasteiger partial charge in [-0.1, -0.05) is 0 Å². The first-order valence-corrected chi connectivity index (χ1v) is 2.99. The van der Waals surface area contributed by atoms with Crippen LogP contribution in [0.1, 0.15) is 20.8 Å². The minimum atomic E-state index is -0.158. The Morgan fingerprint density at radius 2 is 2.00 bits per heavy atom. The lowest BCUT2D eigenvalue weighted by Gasteiger charge is -2.16. The van der Waals surface area contributed by atoms with Gasteiger partial charge in [-0.05, 0) is 20.8 Å². The fourth-order valence-corrected chi connectivity index (χ4v) is 0.420. The van der Waals surface area contributed by atoms with Crippen LogP contribution in [0, 0.1) is 10.8 Å². The van der Waals surface area contributed by atoms with Crippen LogP contribution >= 0.6 is 0 Å². The quantitative estimate of drug-likeness (QED) is 0.547. The first kappa shape index (κ1) is 8.34. The third-order valence-corrected chi connectivity index (χ3v) is 1.42. The standard InChI is InChI=1S/C7H14N2/c1-6(8)7(2,3)5-9-4/h5,8H,1-4H3/b8-6?,9-5-. The minimum absolute atomic E-state index is 0.158. The average Bonchev–Trinajstić information content (AvgIpc) is 1.65. The second-order valence-corrected chi connectivity index (χ2v) is 2.73. The van der Waals surface area contributed by atoms with Gasteiger partial charge in [0, 0.05) is 24.4 Å². The highest BCUT2D eigenvalue weighted by atomic mass is 14.7. The largest absolute Gasteiger partial charge is 0.309 e. The maximum Gasteiger partial charge on any atom is 0.0368 e. The summed E-state index contributed by atoms with van der Waals surface area (Å²) in [5.74, 6) is 0. The highest BCUT2D eigenvalue weighted by Crippen LogP contribution is 2.12. The number of rotatable bonds is 2. The minimum Gasteiger partial charge on any atom is -0.309 e. The van der Waals surface area contributed by atoms with Gasteiger partial charge in [0.1, 0.15) is 0 Å². The van der Waals surface area contributed by atoms with E-state index in [-0.39, 0.29) is 5.41 Å². The van der Waals surface area contributed by atoms with Gasteiger partial charge < -0.3 is 5.41 Å². The molecule has 0 radical (unpaired) electrons. The second kappa shape index (κ2) is 2.76. The molecule has 0 bridgehead atoms. The third-order valence-electron chi connectivity index (χ3n) is 1.42. The SMILES string of the molecule is C/N=C\C(C)(C)C(C)=N. The van der Waals surface area contributed by atoms with Gasteiger partial charge in [-0.15, -0.1) is 0 Å². The zero-order valence-electron chi connectivity index (χ0n) is 6.52. The molecular weight excluding hydrogens is 112 g/mol. The van der Waals surface area contributed by atoms with Crippen molar-refractivity contribution >= 4 is 11.9 Å². The van der Waals surface area contributed by atoms with E-state index < -0.39 is 0 Å². The molecule has 2 heteroatoms. The molecule has 0 aromatic rings. The molecule has 0 aromatic heterocycles. The summed E-state index contributed by atoms with van der Waals surface area (Å²) in [6.07, 6.45) is 1.79. The van der Waals surface area contributed by atoms with Crippen LogP contribution in [0.5, 0.6) is 0 Å². The zero-order valence-corrected chi connectivity index (χ0v) is 6.52. The van der Waals surface area contributed by atoms with E-state index in [1.807, 2.05) is 13.8 Å². The average molecular weight is 126 g/mol. The Hall–Kier alpha value is -0.660. The Kier molecular flexibility index (Phi) is 2.56. The van der Waals surface area contributed by atoms with Crippen LogP contribution in [0.2, 0.25) is 0 Å². The predicted molar refractivity (Wildman–Crippen MR) is 41.6 cm³/mol. The highest BCUT2D eigenvalue weighted by molar-refractivity contribution is 5.98. The van der Waals surface area contributed by atoms with Crippen molar-refractivity contribution in [1.29, 1.82) is 5.41 Å². The van der Waals surface area contributed by atoms with Crippen LogP contribution in [0.15, 0.2) is 4.99 Å². The number of nitrogens with one attached hydrogen (secondary N) is 1. The molecule has 0 unspecified atom stereocenters. The van der Waals surface area contributed by atoms with Crippen molar-refractivity contribution < 1.29 is 0 Å². The van der Waals surface area contributed by atoms with Crippen LogP contribution in [0.25, 0.3) is 0 Å². The van der Waals surface area contributed by atoms with Crippen LogP contribution in [-0.2, 0) is 0 Å². The Balaban J connectivity index is 4.19. The molecule has 0 saturated carbocycles. The Bertz CT molecular complexity index is 134. The maximum absolute atomic E-state index is 7.31. The summed E-state index contributed by atoms with van der Waals surface area (Å²) < 4.78 is 0. The summed E-state index contributed by atoms with van der Waals surface area (Å²) in [4.78, 5) is 3.86. The molecule has 0 spiro atoms. The van der Waals surface area contributed by atoms with Gasteiger partial charge in [-0.2, -0.15) is 0 Å². The van der Waals surface area contributed by atoms with E-state index in [0.717, 1.165) is 0 Å². The molecule has 52 valence electrons. The van der Waals surface area contributed by atoms with Crippen molar-refractivity contribution in [3.63, 3.8) is 0 Å². The molecule has 0 heterocycles. The van der Waals surface area contributed by atoms with Gasteiger partial charge in [0.2, 0.25) is 0 Å². The van der Waals surface area contributed by atoms with Crippen molar-refractivity contribution in [2.75, 3.05) is 7.05 Å². The monoisotopic (exact) mass is 126 g/mol. The molecule has 0 rings (SSSR count). The number of hydrogen-bond donors (Lipinski definition) is 1. The molecule has 0 aliphatic heterocycles. The van der Waals surface area contributed by atoms with Gasteiger partial charge in [0.15, 0.2) is 0 Å². The maximum atomic E-state index is 7.31. The fourth-order valence-electron chi connectivity index (χ4n) is 0.420. The summed E-state index contributed by atoms with van der Waals surface area (Å²) in [5, 5.41) is 7.31. The van der Waals surface area contributed by atoms with Gasteiger partial charge >= 0.3 is 0 Å². The van der Waals surface area contributed by atoms with Crippen LogP contribution in [0.4, 0.5) is 0 Å². The molecule has 2 nitrogen and oxygen atoms in total. The molecule has 0 aliphatic rings. The molecular formula is C7H14N2. The Morgan fingerprint density at radius 3 is 2.11 bits per heavy atom. The highest BCUT2D eigenvalue weighted by Gasteiger charge is 2.16.